The molecule has 190 valence electrons. The van der Waals surface area contributed by atoms with Crippen LogP contribution in [0.5, 0.6) is 11.6 Å². The van der Waals surface area contributed by atoms with Crippen LogP contribution < -0.4 is 10.1 Å². The molecule has 0 unspecified atom stereocenters. The van der Waals surface area contributed by atoms with Crippen LogP contribution >= 0.6 is 0 Å². The Morgan fingerprint density at radius 3 is 2.47 bits per heavy atom. The van der Waals surface area contributed by atoms with Gasteiger partial charge in [0.25, 0.3) is 5.91 Å². The highest BCUT2D eigenvalue weighted by molar-refractivity contribution is 6.06. The fraction of sp³-hybridized carbons (Fsp3) is 0.429. The van der Waals surface area contributed by atoms with Gasteiger partial charge in [0, 0.05) is 36.3 Å². The molecule has 1 aliphatic carbocycles. The zero-order valence-electron chi connectivity index (χ0n) is 21.1. The molecular weight excluding hydrogens is 456 g/mol. The number of hydrogen-bond donors (Lipinski definition) is 2. The molecule has 2 heterocycles. The first-order valence-electron chi connectivity index (χ1n) is 12.5. The highest BCUT2D eigenvalue weighted by Crippen LogP contribution is 2.31. The number of carbonyl (C=O) groups excluding carboxylic acids is 1. The number of nitrogens with one attached hydrogen (secondary N) is 1. The first-order valence-corrected chi connectivity index (χ1v) is 12.5. The van der Waals surface area contributed by atoms with Gasteiger partial charge in [0.1, 0.15) is 5.75 Å². The molecule has 0 radical (unpaired) electrons. The smallest absolute Gasteiger partial charge is 0.407 e. The van der Waals surface area contributed by atoms with Gasteiger partial charge in [0.15, 0.2) is 0 Å². The lowest BCUT2D eigenvalue weighted by molar-refractivity contribution is 0.0786. The summed E-state index contributed by atoms with van der Waals surface area (Å²) >= 11 is 0. The molecule has 8 nitrogen and oxygen atoms in total. The third-order valence-corrected chi connectivity index (χ3v) is 6.79. The molecular formula is C28H34N4O4. The summed E-state index contributed by atoms with van der Waals surface area (Å²) in [7, 11) is 0. The predicted octanol–water partition coefficient (Wildman–Crippen LogP) is 5.74. The number of carbonyl (C=O) groups is 2. The van der Waals surface area contributed by atoms with Gasteiger partial charge in [-0.1, -0.05) is 18.2 Å². The van der Waals surface area contributed by atoms with E-state index in [0.717, 1.165) is 31.1 Å². The third kappa shape index (κ3) is 6.30. The van der Waals surface area contributed by atoms with Crippen molar-refractivity contribution in [1.82, 2.24) is 20.2 Å². The predicted molar refractivity (Wildman–Crippen MR) is 138 cm³/mol. The Labute approximate surface area is 211 Å². The number of amides is 2. The molecule has 3 aromatic rings. The van der Waals surface area contributed by atoms with Crippen molar-refractivity contribution in [1.29, 1.82) is 0 Å². The number of benzene rings is 1. The molecule has 0 saturated heterocycles. The summed E-state index contributed by atoms with van der Waals surface area (Å²) in [5.41, 5.74) is 0.797. The molecule has 2 aromatic heterocycles. The molecule has 1 aliphatic rings. The Kier molecular flexibility index (Phi) is 7.72. The number of ether oxygens (including phenoxy) is 1. The fourth-order valence-corrected chi connectivity index (χ4v) is 4.77. The molecule has 0 aliphatic heterocycles. The number of hydrogen-bond acceptors (Lipinski definition) is 5. The molecule has 0 atom stereocenters. The van der Waals surface area contributed by atoms with Crippen molar-refractivity contribution in [2.45, 2.75) is 52.0 Å². The lowest BCUT2D eigenvalue weighted by atomic mass is 9.81. The van der Waals surface area contributed by atoms with E-state index in [1.807, 2.05) is 45.0 Å². The number of aromatic nitrogens is 2. The second kappa shape index (κ2) is 10.9. The van der Waals surface area contributed by atoms with E-state index >= 15 is 0 Å². The molecule has 2 N–H and O–H groups in total. The fourth-order valence-electron chi connectivity index (χ4n) is 4.77. The normalized spacial score (nSPS) is 18.0. The van der Waals surface area contributed by atoms with E-state index in [9.17, 15) is 14.7 Å². The number of rotatable bonds is 7. The quantitative estimate of drug-likeness (QED) is 0.438. The van der Waals surface area contributed by atoms with E-state index in [0.29, 0.717) is 47.6 Å². The van der Waals surface area contributed by atoms with Crippen molar-refractivity contribution in [2.75, 3.05) is 13.1 Å². The van der Waals surface area contributed by atoms with Gasteiger partial charge in [-0.25, -0.2) is 9.78 Å². The van der Waals surface area contributed by atoms with E-state index in [2.05, 4.69) is 15.3 Å². The van der Waals surface area contributed by atoms with Crippen molar-refractivity contribution >= 4 is 22.9 Å². The van der Waals surface area contributed by atoms with Gasteiger partial charge in [0.2, 0.25) is 5.88 Å². The standard InChI is InChI=1S/C28H34N4O4/c1-28(2,3)32(27(34)35)18-20-12-10-19(11-13-20)16-30-26(33)23-15-25(36-21-7-6-14-29-17-21)31-24-9-5-4-8-22(23)24/h4-9,14-15,17,19-20H,10-13,16,18H2,1-3H3,(H,30,33)(H,34,35). The van der Waals surface area contributed by atoms with Crippen LogP contribution in [0.15, 0.2) is 54.9 Å². The number of carboxylic acid groups (broad SMARTS) is 1. The average Bonchev–Trinajstić information content (AvgIpc) is 2.85. The summed E-state index contributed by atoms with van der Waals surface area (Å²) in [6, 6.07) is 12.8. The minimum absolute atomic E-state index is 0.156. The molecule has 0 spiro atoms. The largest absolute Gasteiger partial charge is 0.465 e. The number of nitrogens with zero attached hydrogens (tertiary/aromatic N) is 3. The number of pyridine rings is 2. The van der Waals surface area contributed by atoms with Gasteiger partial charge < -0.3 is 20.1 Å². The second-order valence-corrected chi connectivity index (χ2v) is 10.5. The van der Waals surface area contributed by atoms with Crippen molar-refractivity contribution in [3.63, 3.8) is 0 Å². The lowest BCUT2D eigenvalue weighted by Gasteiger charge is -2.38. The minimum Gasteiger partial charge on any atom is -0.465 e. The molecule has 1 saturated carbocycles. The Morgan fingerprint density at radius 2 is 1.81 bits per heavy atom. The highest BCUT2D eigenvalue weighted by atomic mass is 16.5. The van der Waals surface area contributed by atoms with Crippen LogP contribution in [0, 0.1) is 11.8 Å². The lowest BCUT2D eigenvalue weighted by Crippen LogP contribution is -2.47. The molecule has 1 aromatic carbocycles. The maximum Gasteiger partial charge on any atom is 0.407 e. The maximum absolute atomic E-state index is 13.2. The summed E-state index contributed by atoms with van der Waals surface area (Å²) in [5.74, 6) is 1.46. The first-order chi connectivity index (χ1) is 17.2. The topological polar surface area (TPSA) is 105 Å². The van der Waals surface area contributed by atoms with Gasteiger partial charge in [-0.3, -0.25) is 9.78 Å². The van der Waals surface area contributed by atoms with Crippen LogP contribution in [0.2, 0.25) is 0 Å². The van der Waals surface area contributed by atoms with Crippen molar-refractivity contribution in [3.05, 3.63) is 60.4 Å². The van der Waals surface area contributed by atoms with Crippen LogP contribution in [0.25, 0.3) is 10.9 Å². The zero-order chi connectivity index (χ0) is 25.7. The van der Waals surface area contributed by atoms with Gasteiger partial charge in [-0.05, 0) is 76.5 Å². The van der Waals surface area contributed by atoms with Gasteiger partial charge in [-0.15, -0.1) is 0 Å². The molecule has 36 heavy (non-hydrogen) atoms. The van der Waals surface area contributed by atoms with E-state index in [1.54, 1.807) is 35.5 Å². The number of para-hydroxylation sites is 1. The van der Waals surface area contributed by atoms with Gasteiger partial charge >= 0.3 is 6.09 Å². The Balaban J connectivity index is 1.38. The molecule has 1 fully saturated rings. The van der Waals surface area contributed by atoms with Gasteiger partial charge in [0.05, 0.1) is 17.3 Å². The van der Waals surface area contributed by atoms with E-state index < -0.39 is 11.6 Å². The summed E-state index contributed by atoms with van der Waals surface area (Å²) in [6.45, 7) is 6.93. The SMILES string of the molecule is CC(C)(C)N(CC1CCC(CNC(=O)c2cc(Oc3cccnc3)nc3ccccc23)CC1)C(=O)O. The Morgan fingerprint density at radius 1 is 1.08 bits per heavy atom. The Bertz CT molecular complexity index is 1200. The van der Waals surface area contributed by atoms with E-state index in [4.69, 9.17) is 4.74 Å². The maximum atomic E-state index is 13.2. The van der Waals surface area contributed by atoms with Crippen LogP contribution in [-0.4, -0.2) is 50.6 Å². The summed E-state index contributed by atoms with van der Waals surface area (Å²) < 4.78 is 5.86. The highest BCUT2D eigenvalue weighted by Gasteiger charge is 2.31. The zero-order valence-corrected chi connectivity index (χ0v) is 21.1. The van der Waals surface area contributed by atoms with Crippen molar-refractivity contribution in [2.24, 2.45) is 11.8 Å². The van der Waals surface area contributed by atoms with E-state index in [1.165, 1.54) is 0 Å². The Hall–Kier alpha value is -3.68. The number of fused-ring (bicyclic) bond motifs is 1. The van der Waals surface area contributed by atoms with Crippen molar-refractivity contribution in [3.8, 4) is 11.6 Å². The molecule has 2 amide bonds. The monoisotopic (exact) mass is 490 g/mol. The van der Waals surface area contributed by atoms with E-state index in [-0.39, 0.29) is 5.91 Å². The van der Waals surface area contributed by atoms with Gasteiger partial charge in [-0.2, -0.15) is 0 Å². The molecule has 8 heteroatoms. The third-order valence-electron chi connectivity index (χ3n) is 6.79. The van der Waals surface area contributed by atoms with Crippen LogP contribution in [0.1, 0.15) is 56.8 Å². The van der Waals surface area contributed by atoms with Crippen molar-refractivity contribution < 1.29 is 19.4 Å². The minimum atomic E-state index is -0.867. The first kappa shape index (κ1) is 25.4. The average molecular weight is 491 g/mol. The molecule has 4 rings (SSSR count). The summed E-state index contributed by atoms with van der Waals surface area (Å²) in [6.07, 6.45) is 6.26. The van der Waals surface area contributed by atoms with Crippen LogP contribution in [-0.2, 0) is 0 Å². The second-order valence-electron chi connectivity index (χ2n) is 10.5. The summed E-state index contributed by atoms with van der Waals surface area (Å²) in [4.78, 5) is 35.1. The van der Waals surface area contributed by atoms with Crippen LogP contribution in [0.4, 0.5) is 4.79 Å². The van der Waals surface area contributed by atoms with Crippen LogP contribution in [0.3, 0.4) is 0 Å². The molecule has 0 bridgehead atoms. The summed E-state index contributed by atoms with van der Waals surface area (Å²) in [5, 5.41) is 13.5.